The second kappa shape index (κ2) is 2.90. The molecule has 14 heavy (non-hydrogen) atoms. The van der Waals surface area contributed by atoms with Crippen molar-refractivity contribution in [3.05, 3.63) is 24.4 Å². The lowest BCUT2D eigenvalue weighted by Gasteiger charge is -2.07. The lowest BCUT2D eigenvalue weighted by Crippen LogP contribution is -2.16. The molecule has 0 aliphatic carbocycles. The highest BCUT2D eigenvalue weighted by Gasteiger charge is 2.31. The van der Waals surface area contributed by atoms with E-state index in [0.717, 1.165) is 5.39 Å². The smallest absolute Gasteiger partial charge is 0.406 e. The molecule has 1 aromatic carbocycles. The van der Waals surface area contributed by atoms with Gasteiger partial charge in [0.05, 0.1) is 11.7 Å². The molecule has 0 saturated carbocycles. The highest BCUT2D eigenvalue weighted by Crippen LogP contribution is 2.25. The standard InChI is InChI=1S/C8H5F3N2O/c9-8(10,11)14-6-2-1-5-4-12-13-7(5)3-6/h1-4H,(H,12,13). The summed E-state index contributed by atoms with van der Waals surface area (Å²) in [5.41, 5.74) is 0.506. The fourth-order valence-electron chi connectivity index (χ4n) is 1.11. The number of aromatic amines is 1. The van der Waals surface area contributed by atoms with Crippen LogP contribution in [0.5, 0.6) is 5.75 Å². The third-order valence-corrected chi connectivity index (χ3v) is 1.65. The molecule has 0 saturated heterocycles. The Hall–Kier alpha value is -1.72. The minimum Gasteiger partial charge on any atom is -0.406 e. The number of ether oxygens (including phenoxy) is 1. The van der Waals surface area contributed by atoms with E-state index < -0.39 is 6.36 Å². The summed E-state index contributed by atoms with van der Waals surface area (Å²) in [7, 11) is 0. The molecule has 0 fully saturated rings. The topological polar surface area (TPSA) is 37.9 Å². The summed E-state index contributed by atoms with van der Waals surface area (Å²) >= 11 is 0. The normalized spacial score (nSPS) is 11.9. The first-order valence-electron chi connectivity index (χ1n) is 3.73. The van der Waals surface area contributed by atoms with Crippen molar-refractivity contribution in [1.82, 2.24) is 10.2 Å². The molecule has 0 atom stereocenters. The van der Waals surface area contributed by atoms with Gasteiger partial charge in [-0.3, -0.25) is 5.10 Å². The van der Waals surface area contributed by atoms with Crippen LogP contribution in [0.2, 0.25) is 0 Å². The third kappa shape index (κ3) is 1.78. The lowest BCUT2D eigenvalue weighted by atomic mass is 10.2. The maximum atomic E-state index is 11.8. The Morgan fingerprint density at radius 2 is 2.07 bits per heavy atom. The minimum absolute atomic E-state index is 0.255. The fourth-order valence-corrected chi connectivity index (χ4v) is 1.11. The summed E-state index contributed by atoms with van der Waals surface area (Å²) < 4.78 is 39.2. The van der Waals surface area contributed by atoms with Crippen LogP contribution in [0.1, 0.15) is 0 Å². The Balaban J connectivity index is 2.35. The van der Waals surface area contributed by atoms with Crippen molar-refractivity contribution in [2.24, 2.45) is 0 Å². The van der Waals surface area contributed by atoms with Crippen molar-refractivity contribution in [2.75, 3.05) is 0 Å². The van der Waals surface area contributed by atoms with E-state index in [4.69, 9.17) is 0 Å². The van der Waals surface area contributed by atoms with Gasteiger partial charge in [-0.15, -0.1) is 13.2 Å². The Labute approximate surface area is 76.5 Å². The van der Waals surface area contributed by atoms with Gasteiger partial charge in [0.25, 0.3) is 0 Å². The molecule has 2 rings (SSSR count). The van der Waals surface area contributed by atoms with Crippen molar-refractivity contribution >= 4 is 10.9 Å². The summed E-state index contributed by atoms with van der Waals surface area (Å²) in [6, 6.07) is 3.99. The number of aromatic nitrogens is 2. The molecule has 0 bridgehead atoms. The number of hydrogen-bond donors (Lipinski definition) is 1. The number of nitrogens with one attached hydrogen (secondary N) is 1. The highest BCUT2D eigenvalue weighted by atomic mass is 19.4. The maximum Gasteiger partial charge on any atom is 0.573 e. The summed E-state index contributed by atoms with van der Waals surface area (Å²) in [4.78, 5) is 0. The largest absolute Gasteiger partial charge is 0.573 e. The predicted molar refractivity (Wildman–Crippen MR) is 42.8 cm³/mol. The van der Waals surface area contributed by atoms with Gasteiger partial charge in [0.15, 0.2) is 0 Å². The zero-order chi connectivity index (χ0) is 10.2. The molecule has 74 valence electrons. The summed E-state index contributed by atoms with van der Waals surface area (Å²) in [6.07, 6.45) is -3.14. The maximum absolute atomic E-state index is 11.8. The van der Waals surface area contributed by atoms with Crippen LogP contribution >= 0.6 is 0 Å². The summed E-state index contributed by atoms with van der Waals surface area (Å²) in [5.74, 6) is -0.255. The number of benzene rings is 1. The predicted octanol–water partition coefficient (Wildman–Crippen LogP) is 2.46. The number of hydrogen-bond acceptors (Lipinski definition) is 2. The van der Waals surface area contributed by atoms with Crippen LogP contribution in [0, 0.1) is 0 Å². The molecule has 1 N–H and O–H groups in total. The molecule has 0 amide bonds. The molecule has 2 aromatic rings. The second-order valence-corrected chi connectivity index (χ2v) is 2.67. The van der Waals surface area contributed by atoms with E-state index in [0.29, 0.717) is 5.52 Å². The highest BCUT2D eigenvalue weighted by molar-refractivity contribution is 5.79. The van der Waals surface area contributed by atoms with E-state index in [1.807, 2.05) is 0 Å². The van der Waals surface area contributed by atoms with Gasteiger partial charge in [-0.05, 0) is 12.1 Å². The van der Waals surface area contributed by atoms with Crippen molar-refractivity contribution in [3.8, 4) is 5.75 Å². The van der Waals surface area contributed by atoms with Gasteiger partial charge < -0.3 is 4.74 Å². The molecular formula is C8H5F3N2O. The van der Waals surface area contributed by atoms with Crippen molar-refractivity contribution < 1.29 is 17.9 Å². The molecule has 0 radical (unpaired) electrons. The van der Waals surface area contributed by atoms with Crippen LogP contribution < -0.4 is 4.74 Å². The fraction of sp³-hybridized carbons (Fsp3) is 0.125. The SMILES string of the molecule is FC(F)(F)Oc1ccc2cn[nH]c2c1. The number of H-pyrrole nitrogens is 1. The number of fused-ring (bicyclic) bond motifs is 1. The van der Waals surface area contributed by atoms with E-state index in [9.17, 15) is 13.2 Å². The van der Waals surface area contributed by atoms with Gasteiger partial charge in [0.1, 0.15) is 5.75 Å². The van der Waals surface area contributed by atoms with Crippen LogP contribution in [0.15, 0.2) is 24.4 Å². The van der Waals surface area contributed by atoms with E-state index in [-0.39, 0.29) is 5.75 Å². The number of halogens is 3. The van der Waals surface area contributed by atoms with E-state index in [1.165, 1.54) is 24.4 Å². The van der Waals surface area contributed by atoms with Crippen LogP contribution in [0.3, 0.4) is 0 Å². The van der Waals surface area contributed by atoms with Crippen molar-refractivity contribution in [1.29, 1.82) is 0 Å². The monoisotopic (exact) mass is 202 g/mol. The van der Waals surface area contributed by atoms with Crippen LogP contribution in [0.25, 0.3) is 10.9 Å². The van der Waals surface area contributed by atoms with Crippen molar-refractivity contribution in [2.45, 2.75) is 6.36 Å². The zero-order valence-corrected chi connectivity index (χ0v) is 6.80. The molecule has 0 aliphatic rings. The minimum atomic E-state index is -4.66. The van der Waals surface area contributed by atoms with Crippen LogP contribution in [-0.4, -0.2) is 16.6 Å². The summed E-state index contributed by atoms with van der Waals surface area (Å²) in [6.45, 7) is 0. The number of alkyl halides is 3. The molecule has 0 aliphatic heterocycles. The van der Waals surface area contributed by atoms with Gasteiger partial charge >= 0.3 is 6.36 Å². The Bertz CT molecular complexity index is 449. The number of nitrogens with zero attached hydrogens (tertiary/aromatic N) is 1. The molecule has 0 spiro atoms. The average Bonchev–Trinajstić information content (AvgIpc) is 2.47. The van der Waals surface area contributed by atoms with E-state index in [2.05, 4.69) is 14.9 Å². The first-order valence-corrected chi connectivity index (χ1v) is 3.73. The van der Waals surface area contributed by atoms with Gasteiger partial charge in [0.2, 0.25) is 0 Å². The van der Waals surface area contributed by atoms with Crippen LogP contribution in [-0.2, 0) is 0 Å². The summed E-state index contributed by atoms with van der Waals surface area (Å²) in [5, 5.41) is 6.96. The van der Waals surface area contributed by atoms with E-state index >= 15 is 0 Å². The van der Waals surface area contributed by atoms with Gasteiger partial charge in [-0.2, -0.15) is 5.10 Å². The van der Waals surface area contributed by atoms with Crippen LogP contribution in [0.4, 0.5) is 13.2 Å². The quantitative estimate of drug-likeness (QED) is 0.771. The molecule has 6 heteroatoms. The molecule has 3 nitrogen and oxygen atoms in total. The molecular weight excluding hydrogens is 197 g/mol. The Morgan fingerprint density at radius 1 is 1.29 bits per heavy atom. The first-order chi connectivity index (χ1) is 6.54. The second-order valence-electron chi connectivity index (χ2n) is 2.67. The number of rotatable bonds is 1. The average molecular weight is 202 g/mol. The third-order valence-electron chi connectivity index (χ3n) is 1.65. The van der Waals surface area contributed by atoms with Crippen molar-refractivity contribution in [3.63, 3.8) is 0 Å². The molecule has 1 heterocycles. The van der Waals surface area contributed by atoms with Gasteiger partial charge in [-0.1, -0.05) is 0 Å². The Kier molecular flexibility index (Phi) is 1.83. The van der Waals surface area contributed by atoms with Gasteiger partial charge in [-0.25, -0.2) is 0 Å². The molecule has 1 aromatic heterocycles. The zero-order valence-electron chi connectivity index (χ0n) is 6.80. The lowest BCUT2D eigenvalue weighted by molar-refractivity contribution is -0.274. The first kappa shape index (κ1) is 8.86. The van der Waals surface area contributed by atoms with Gasteiger partial charge in [0, 0.05) is 11.5 Å². The van der Waals surface area contributed by atoms with E-state index in [1.54, 1.807) is 0 Å². The molecule has 0 unspecified atom stereocenters. The Morgan fingerprint density at radius 3 is 2.79 bits per heavy atom.